The van der Waals surface area contributed by atoms with Gasteiger partial charge in [0.1, 0.15) is 5.75 Å². The lowest BCUT2D eigenvalue weighted by Crippen LogP contribution is -2.13. The lowest BCUT2D eigenvalue weighted by molar-refractivity contribution is 0.102. The average molecular weight is 310 g/mol. The molecule has 22 heavy (non-hydrogen) atoms. The van der Waals surface area contributed by atoms with E-state index in [2.05, 4.69) is 5.32 Å². The summed E-state index contributed by atoms with van der Waals surface area (Å²) < 4.78 is 0. The molecule has 0 saturated heterocycles. The number of rotatable bonds is 3. The average Bonchev–Trinajstić information content (AvgIpc) is 3.04. The number of carbonyl (C=O) groups is 1. The van der Waals surface area contributed by atoms with Crippen LogP contribution >= 0.6 is 11.3 Å². The minimum Gasteiger partial charge on any atom is -0.508 e. The number of phenols is 1. The Morgan fingerprint density at radius 1 is 1.09 bits per heavy atom. The fourth-order valence-electron chi connectivity index (χ4n) is 2.10. The zero-order valence-corrected chi connectivity index (χ0v) is 12.4. The van der Waals surface area contributed by atoms with Gasteiger partial charge in [-0.05, 0) is 47.3 Å². The maximum absolute atomic E-state index is 12.2. The van der Waals surface area contributed by atoms with Crippen molar-refractivity contribution in [2.45, 2.75) is 0 Å². The molecule has 5 heteroatoms. The number of thiophene rings is 1. The third kappa shape index (κ3) is 2.94. The Balaban J connectivity index is 1.88. The Morgan fingerprint density at radius 3 is 2.68 bits per heavy atom. The molecule has 1 heterocycles. The standard InChI is InChI=1S/C17H14N2O2S/c18-14-7-6-11(16-5-2-8-22-16)10-15(14)19-17(21)12-3-1-4-13(20)9-12/h1-10,20H,18H2,(H,19,21). The van der Waals surface area contributed by atoms with Gasteiger partial charge in [-0.1, -0.05) is 18.2 Å². The van der Waals surface area contributed by atoms with E-state index in [0.717, 1.165) is 10.4 Å². The van der Waals surface area contributed by atoms with Crippen molar-refractivity contribution < 1.29 is 9.90 Å². The molecule has 0 fully saturated rings. The first-order valence-electron chi connectivity index (χ1n) is 6.67. The Labute approximate surface area is 131 Å². The molecule has 0 unspecified atom stereocenters. The van der Waals surface area contributed by atoms with E-state index >= 15 is 0 Å². The van der Waals surface area contributed by atoms with Gasteiger partial charge in [0.05, 0.1) is 11.4 Å². The number of anilines is 2. The summed E-state index contributed by atoms with van der Waals surface area (Å²) in [6, 6.07) is 15.7. The highest BCUT2D eigenvalue weighted by Crippen LogP contribution is 2.30. The van der Waals surface area contributed by atoms with Gasteiger partial charge in [0.15, 0.2) is 0 Å². The minimum atomic E-state index is -0.314. The van der Waals surface area contributed by atoms with Gasteiger partial charge in [0.25, 0.3) is 5.91 Å². The molecule has 0 spiro atoms. The van der Waals surface area contributed by atoms with E-state index in [9.17, 15) is 9.90 Å². The predicted octanol–water partition coefficient (Wildman–Crippen LogP) is 3.96. The largest absolute Gasteiger partial charge is 0.508 e. The molecule has 0 aliphatic rings. The number of nitrogens with two attached hydrogens (primary N) is 1. The molecule has 4 N–H and O–H groups in total. The SMILES string of the molecule is Nc1ccc(-c2cccs2)cc1NC(=O)c1cccc(O)c1. The van der Waals surface area contributed by atoms with Crippen molar-refractivity contribution >= 4 is 28.6 Å². The van der Waals surface area contributed by atoms with Crippen molar-refractivity contribution in [3.05, 3.63) is 65.5 Å². The van der Waals surface area contributed by atoms with Crippen molar-refractivity contribution in [3.63, 3.8) is 0 Å². The molecule has 2 aromatic carbocycles. The maximum atomic E-state index is 12.2. The number of hydrogen-bond acceptors (Lipinski definition) is 4. The van der Waals surface area contributed by atoms with E-state index in [1.54, 1.807) is 29.5 Å². The topological polar surface area (TPSA) is 75.3 Å². The summed E-state index contributed by atoms with van der Waals surface area (Å²) in [5.41, 5.74) is 8.36. The normalized spacial score (nSPS) is 10.4. The number of hydrogen-bond donors (Lipinski definition) is 3. The highest BCUT2D eigenvalue weighted by molar-refractivity contribution is 7.13. The van der Waals surface area contributed by atoms with Crippen molar-refractivity contribution in [2.75, 3.05) is 11.1 Å². The van der Waals surface area contributed by atoms with Crippen LogP contribution in [0.4, 0.5) is 11.4 Å². The van der Waals surface area contributed by atoms with Crippen LogP contribution in [-0.4, -0.2) is 11.0 Å². The van der Waals surface area contributed by atoms with Crippen molar-refractivity contribution in [1.82, 2.24) is 0 Å². The zero-order chi connectivity index (χ0) is 15.5. The molecule has 0 saturated carbocycles. The van der Waals surface area contributed by atoms with Gasteiger partial charge in [-0.3, -0.25) is 4.79 Å². The van der Waals surface area contributed by atoms with E-state index in [0.29, 0.717) is 16.9 Å². The van der Waals surface area contributed by atoms with Crippen molar-refractivity contribution in [1.29, 1.82) is 0 Å². The number of nitrogens with one attached hydrogen (secondary N) is 1. The number of aromatic hydroxyl groups is 1. The Hall–Kier alpha value is -2.79. The van der Waals surface area contributed by atoms with Crippen molar-refractivity contribution in [3.8, 4) is 16.2 Å². The van der Waals surface area contributed by atoms with Gasteiger partial charge in [0.2, 0.25) is 0 Å². The Morgan fingerprint density at radius 2 is 1.95 bits per heavy atom. The summed E-state index contributed by atoms with van der Waals surface area (Å²) in [5.74, 6) is -0.265. The molecular formula is C17H14N2O2S. The monoisotopic (exact) mass is 310 g/mol. The van der Waals surface area contributed by atoms with Gasteiger partial charge >= 0.3 is 0 Å². The molecule has 0 radical (unpaired) electrons. The fraction of sp³-hybridized carbons (Fsp3) is 0. The minimum absolute atomic E-state index is 0.0490. The highest BCUT2D eigenvalue weighted by Gasteiger charge is 2.10. The number of phenolic OH excluding ortho intramolecular Hbond substituents is 1. The summed E-state index contributed by atoms with van der Waals surface area (Å²) in [6.45, 7) is 0. The van der Waals surface area contributed by atoms with Crippen LogP contribution in [0.2, 0.25) is 0 Å². The Bertz CT molecular complexity index is 813. The first kappa shape index (κ1) is 14.2. The van der Waals surface area contributed by atoms with Crippen LogP contribution in [0.5, 0.6) is 5.75 Å². The third-order valence-electron chi connectivity index (χ3n) is 3.22. The third-order valence-corrected chi connectivity index (χ3v) is 4.13. The molecule has 0 bridgehead atoms. The molecule has 3 rings (SSSR count). The highest BCUT2D eigenvalue weighted by atomic mass is 32.1. The van der Waals surface area contributed by atoms with Gasteiger partial charge < -0.3 is 16.2 Å². The first-order chi connectivity index (χ1) is 10.6. The molecule has 1 aromatic heterocycles. The lowest BCUT2D eigenvalue weighted by Gasteiger charge is -2.10. The van der Waals surface area contributed by atoms with Crippen LogP contribution in [0.15, 0.2) is 60.0 Å². The summed E-state index contributed by atoms with van der Waals surface area (Å²) in [6.07, 6.45) is 0. The van der Waals surface area contributed by atoms with E-state index < -0.39 is 0 Å². The van der Waals surface area contributed by atoms with E-state index in [1.165, 1.54) is 12.1 Å². The second kappa shape index (κ2) is 5.91. The molecule has 0 aliphatic carbocycles. The van der Waals surface area contributed by atoms with Crippen LogP contribution in [0.1, 0.15) is 10.4 Å². The van der Waals surface area contributed by atoms with Crippen LogP contribution < -0.4 is 11.1 Å². The smallest absolute Gasteiger partial charge is 0.255 e. The van der Waals surface area contributed by atoms with Crippen molar-refractivity contribution in [2.24, 2.45) is 0 Å². The van der Waals surface area contributed by atoms with Crippen LogP contribution in [0, 0.1) is 0 Å². The summed E-state index contributed by atoms with van der Waals surface area (Å²) in [7, 11) is 0. The molecular weight excluding hydrogens is 296 g/mol. The number of carbonyl (C=O) groups excluding carboxylic acids is 1. The molecule has 0 aliphatic heterocycles. The van der Waals surface area contributed by atoms with Gasteiger partial charge in [-0.25, -0.2) is 0 Å². The van der Waals surface area contributed by atoms with Crippen LogP contribution in [0.3, 0.4) is 0 Å². The quantitative estimate of drug-likeness (QED) is 0.641. The van der Waals surface area contributed by atoms with Gasteiger partial charge in [-0.2, -0.15) is 0 Å². The number of nitrogen functional groups attached to an aromatic ring is 1. The molecule has 1 amide bonds. The molecule has 110 valence electrons. The zero-order valence-electron chi connectivity index (χ0n) is 11.6. The maximum Gasteiger partial charge on any atom is 0.255 e. The number of benzene rings is 2. The van der Waals surface area contributed by atoms with E-state index in [1.807, 2.05) is 29.6 Å². The molecule has 3 aromatic rings. The summed E-state index contributed by atoms with van der Waals surface area (Å²) >= 11 is 1.62. The predicted molar refractivity (Wildman–Crippen MR) is 90.2 cm³/mol. The van der Waals surface area contributed by atoms with Crippen LogP contribution in [0.25, 0.3) is 10.4 Å². The van der Waals surface area contributed by atoms with Gasteiger partial charge in [0, 0.05) is 10.4 Å². The van der Waals surface area contributed by atoms with Crippen LogP contribution in [-0.2, 0) is 0 Å². The lowest BCUT2D eigenvalue weighted by atomic mass is 10.1. The summed E-state index contributed by atoms with van der Waals surface area (Å²) in [4.78, 5) is 13.3. The second-order valence-electron chi connectivity index (χ2n) is 4.78. The Kier molecular flexibility index (Phi) is 3.80. The van der Waals surface area contributed by atoms with E-state index in [4.69, 9.17) is 5.73 Å². The van der Waals surface area contributed by atoms with E-state index in [-0.39, 0.29) is 11.7 Å². The molecule has 4 nitrogen and oxygen atoms in total. The molecule has 0 atom stereocenters. The van der Waals surface area contributed by atoms with Gasteiger partial charge in [-0.15, -0.1) is 11.3 Å². The first-order valence-corrected chi connectivity index (χ1v) is 7.55. The fourth-order valence-corrected chi connectivity index (χ4v) is 2.83. The summed E-state index contributed by atoms with van der Waals surface area (Å²) in [5, 5.41) is 14.2. The second-order valence-corrected chi connectivity index (χ2v) is 5.73. The number of amides is 1.